The normalized spacial score (nSPS) is 16.4. The predicted molar refractivity (Wildman–Crippen MR) is 286 cm³/mol. The van der Waals surface area contributed by atoms with Gasteiger partial charge in [-0.15, -0.1) is 0 Å². The van der Waals surface area contributed by atoms with Crippen LogP contribution in [0, 0.1) is 0 Å². The van der Waals surface area contributed by atoms with Gasteiger partial charge in [-0.25, -0.2) is 0 Å². The molecule has 0 atom stereocenters. The Balaban J connectivity index is 1.25. The van der Waals surface area contributed by atoms with Crippen LogP contribution in [0.2, 0.25) is 0 Å². The van der Waals surface area contributed by atoms with Crippen molar-refractivity contribution in [3.05, 3.63) is 161 Å². The van der Waals surface area contributed by atoms with Crippen molar-refractivity contribution < 1.29 is 4.42 Å². The molecule has 1 N–H and O–H groups in total. The van der Waals surface area contributed by atoms with Crippen molar-refractivity contribution in [2.45, 2.75) is 123 Å². The quantitative estimate of drug-likeness (QED) is 0.179. The SMILES string of the molecule is CC(C)(C)c1ccc(Nc2cc3c(cc2-c2c4c(c5c6cc(C(C)(C)C)ccc6n6c5c2[B]c2cc5occ(-c7ccccc7)c5cc2-6)-c2ccccc2C4(C)C)C(C)(C)CCC3(C)C)cc1. The first-order valence-electron chi connectivity index (χ1n) is 24.5. The van der Waals surface area contributed by atoms with Gasteiger partial charge >= 0.3 is 0 Å². The molecule has 2 aromatic heterocycles. The molecule has 3 heterocycles. The number of anilines is 2. The Labute approximate surface area is 397 Å². The second kappa shape index (κ2) is 13.9. The lowest BCUT2D eigenvalue weighted by atomic mass is 9.56. The van der Waals surface area contributed by atoms with Crippen LogP contribution >= 0.6 is 0 Å². The van der Waals surface area contributed by atoms with Crippen molar-refractivity contribution in [3.63, 3.8) is 0 Å². The molecule has 1 radical (unpaired) electrons. The molecule has 9 aromatic rings. The average molecular weight is 874 g/mol. The Morgan fingerprint density at radius 2 is 1.25 bits per heavy atom. The molecule has 333 valence electrons. The molecule has 4 heteroatoms. The van der Waals surface area contributed by atoms with E-state index < -0.39 is 0 Å². The first-order valence-corrected chi connectivity index (χ1v) is 24.5. The molecule has 3 aliphatic rings. The molecule has 0 fully saturated rings. The maximum Gasteiger partial charge on any atom is 0.198 e. The standard InChI is InChI=1S/C63H62BN2O/c1-59(2,3)37-22-25-39(26-23-37)65-49-33-47-46(61(7,8)28-29-62(47,9)10)31-42(49)55-56-53(40-20-16-17-21-45(40)63(56,11)12)54-43-30-38(60(4,5)6)24-27-50(43)66-51-32-41-44(36-18-14-13-15-19-36)35-67-52(41)34-48(51)64-57(55)58(54)66/h13-27,30-35,65H,28-29H2,1-12H3. The maximum atomic E-state index is 6.50. The number of fused-ring (bicyclic) bond motifs is 11. The minimum atomic E-state index is -0.304. The summed E-state index contributed by atoms with van der Waals surface area (Å²) in [6, 6.07) is 46.2. The predicted octanol–water partition coefficient (Wildman–Crippen LogP) is 15.8. The number of benzene rings is 7. The van der Waals surface area contributed by atoms with E-state index >= 15 is 0 Å². The fourth-order valence-electron chi connectivity index (χ4n) is 12.2. The van der Waals surface area contributed by atoms with Crippen molar-refractivity contribution in [1.29, 1.82) is 0 Å². The zero-order chi connectivity index (χ0) is 46.7. The highest BCUT2D eigenvalue weighted by atomic mass is 16.3. The fraction of sp³-hybridized carbons (Fsp3) is 0.302. The van der Waals surface area contributed by atoms with Crippen molar-refractivity contribution in [1.82, 2.24) is 4.57 Å². The summed E-state index contributed by atoms with van der Waals surface area (Å²) in [4.78, 5) is 0. The summed E-state index contributed by atoms with van der Waals surface area (Å²) in [5.74, 6) is 0. The molecule has 3 nitrogen and oxygen atoms in total. The number of furan rings is 1. The first kappa shape index (κ1) is 42.1. The Kier molecular flexibility index (Phi) is 8.75. The summed E-state index contributed by atoms with van der Waals surface area (Å²) < 4.78 is 9.11. The van der Waals surface area contributed by atoms with Gasteiger partial charge in [0.25, 0.3) is 0 Å². The molecule has 1 aliphatic heterocycles. The van der Waals surface area contributed by atoms with Gasteiger partial charge in [0, 0.05) is 55.3 Å². The smallest absolute Gasteiger partial charge is 0.198 e. The number of hydrogen-bond acceptors (Lipinski definition) is 2. The molecular formula is C63H62BN2O. The second-order valence-corrected chi connectivity index (χ2v) is 24.0. The summed E-state index contributed by atoms with van der Waals surface area (Å²) in [5.41, 5.74) is 24.9. The van der Waals surface area contributed by atoms with Gasteiger partial charge in [-0.2, -0.15) is 0 Å². The van der Waals surface area contributed by atoms with E-state index in [9.17, 15) is 0 Å². The molecule has 0 bridgehead atoms. The summed E-state index contributed by atoms with van der Waals surface area (Å²) in [5, 5.41) is 7.89. The molecule has 0 saturated heterocycles. The first-order chi connectivity index (χ1) is 31.7. The lowest BCUT2D eigenvalue weighted by molar-refractivity contribution is 0.332. The van der Waals surface area contributed by atoms with Crippen LogP contribution in [-0.4, -0.2) is 11.8 Å². The third-order valence-corrected chi connectivity index (χ3v) is 16.2. The van der Waals surface area contributed by atoms with Crippen molar-refractivity contribution in [2.75, 3.05) is 5.32 Å². The summed E-state index contributed by atoms with van der Waals surface area (Å²) in [7, 11) is 2.51. The van der Waals surface area contributed by atoms with Crippen LogP contribution in [0.4, 0.5) is 11.4 Å². The zero-order valence-electron chi connectivity index (χ0n) is 41.5. The Bertz CT molecular complexity index is 3540. The monoisotopic (exact) mass is 873 g/mol. The average Bonchev–Trinajstić information content (AvgIpc) is 3.93. The minimum Gasteiger partial charge on any atom is -0.464 e. The molecule has 0 unspecified atom stereocenters. The summed E-state index contributed by atoms with van der Waals surface area (Å²) in [6.07, 6.45) is 4.23. The summed E-state index contributed by atoms with van der Waals surface area (Å²) in [6.45, 7) is 28.7. The number of nitrogens with zero attached hydrogens (tertiary/aromatic N) is 1. The van der Waals surface area contributed by atoms with E-state index in [1.54, 1.807) is 0 Å². The third kappa shape index (κ3) is 6.17. The minimum absolute atomic E-state index is 0.00536. The molecule has 2 aliphatic carbocycles. The van der Waals surface area contributed by atoms with Crippen LogP contribution in [-0.2, 0) is 27.1 Å². The van der Waals surface area contributed by atoms with Crippen LogP contribution in [0.15, 0.2) is 132 Å². The van der Waals surface area contributed by atoms with E-state index in [0.29, 0.717) is 0 Å². The maximum absolute atomic E-state index is 6.50. The van der Waals surface area contributed by atoms with E-state index in [4.69, 9.17) is 4.42 Å². The molecule has 0 saturated carbocycles. The van der Waals surface area contributed by atoms with Crippen LogP contribution in [0.3, 0.4) is 0 Å². The Morgan fingerprint density at radius 1 is 0.597 bits per heavy atom. The Morgan fingerprint density at radius 3 is 1.96 bits per heavy atom. The largest absolute Gasteiger partial charge is 0.464 e. The van der Waals surface area contributed by atoms with Crippen LogP contribution in [0.1, 0.15) is 129 Å². The van der Waals surface area contributed by atoms with E-state index in [-0.39, 0.29) is 27.1 Å². The molecule has 12 rings (SSSR count). The van der Waals surface area contributed by atoms with Gasteiger partial charge in [-0.1, -0.05) is 161 Å². The van der Waals surface area contributed by atoms with Crippen LogP contribution in [0.5, 0.6) is 0 Å². The Hall–Kier alpha value is -6.26. The molecule has 0 amide bonds. The highest BCUT2D eigenvalue weighted by molar-refractivity contribution is 6.74. The molecule has 7 aromatic carbocycles. The van der Waals surface area contributed by atoms with Gasteiger partial charge in [-0.05, 0) is 144 Å². The van der Waals surface area contributed by atoms with Gasteiger partial charge in [-0.3, -0.25) is 0 Å². The zero-order valence-corrected chi connectivity index (χ0v) is 41.5. The molecule has 67 heavy (non-hydrogen) atoms. The number of hydrogen-bond donors (Lipinski definition) is 1. The number of aromatic nitrogens is 1. The van der Waals surface area contributed by atoms with Crippen molar-refractivity contribution >= 4 is 62.4 Å². The van der Waals surface area contributed by atoms with Crippen molar-refractivity contribution in [3.8, 4) is 39.1 Å². The van der Waals surface area contributed by atoms with E-state index in [1.165, 1.54) is 88.6 Å². The van der Waals surface area contributed by atoms with Crippen LogP contribution < -0.4 is 16.2 Å². The molecule has 0 spiro atoms. The molecular weight excluding hydrogens is 812 g/mol. The van der Waals surface area contributed by atoms with E-state index in [2.05, 4.69) is 222 Å². The number of nitrogens with one attached hydrogen (secondary N) is 1. The van der Waals surface area contributed by atoms with Gasteiger partial charge < -0.3 is 14.3 Å². The lowest BCUT2D eigenvalue weighted by Crippen LogP contribution is -2.39. The van der Waals surface area contributed by atoms with Crippen LogP contribution in [0.25, 0.3) is 71.8 Å². The lowest BCUT2D eigenvalue weighted by Gasteiger charge is -2.43. The third-order valence-electron chi connectivity index (χ3n) is 16.2. The highest BCUT2D eigenvalue weighted by Crippen LogP contribution is 2.58. The second-order valence-electron chi connectivity index (χ2n) is 24.0. The van der Waals surface area contributed by atoms with E-state index in [1.807, 2.05) is 6.26 Å². The van der Waals surface area contributed by atoms with Crippen molar-refractivity contribution in [2.24, 2.45) is 0 Å². The number of rotatable bonds is 4. The fourth-order valence-corrected chi connectivity index (χ4v) is 12.2. The van der Waals surface area contributed by atoms with Gasteiger partial charge in [0.1, 0.15) is 5.58 Å². The summed E-state index contributed by atoms with van der Waals surface area (Å²) >= 11 is 0. The topological polar surface area (TPSA) is 30.1 Å². The van der Waals surface area contributed by atoms with Gasteiger partial charge in [0.05, 0.1) is 11.8 Å². The van der Waals surface area contributed by atoms with Gasteiger partial charge in [0.15, 0.2) is 7.28 Å². The van der Waals surface area contributed by atoms with E-state index in [0.717, 1.165) is 51.8 Å². The highest BCUT2D eigenvalue weighted by Gasteiger charge is 2.45. The van der Waals surface area contributed by atoms with Gasteiger partial charge in [0.2, 0.25) is 0 Å².